The fourth-order valence-corrected chi connectivity index (χ4v) is 3.05. The van der Waals surface area contributed by atoms with Gasteiger partial charge in [-0.25, -0.2) is 4.39 Å². The molecular formula is C17H26ClFN2. The van der Waals surface area contributed by atoms with Crippen LogP contribution in [0.1, 0.15) is 32.3 Å². The van der Waals surface area contributed by atoms with Crippen molar-refractivity contribution in [3.8, 4) is 0 Å². The molecule has 0 amide bonds. The maximum absolute atomic E-state index is 13.8. The lowest BCUT2D eigenvalue weighted by Crippen LogP contribution is -2.37. The van der Waals surface area contributed by atoms with Crippen molar-refractivity contribution in [3.05, 3.63) is 34.6 Å². The molecule has 1 aromatic rings. The number of nitrogens with one attached hydrogen (secondary N) is 1. The van der Waals surface area contributed by atoms with Gasteiger partial charge in [-0.05, 0) is 63.0 Å². The average molecular weight is 313 g/mol. The second kappa shape index (κ2) is 8.11. The van der Waals surface area contributed by atoms with Gasteiger partial charge in [0.15, 0.2) is 0 Å². The third kappa shape index (κ3) is 5.24. The minimum absolute atomic E-state index is 0.191. The number of piperidine rings is 1. The van der Waals surface area contributed by atoms with Crippen LogP contribution in [0.5, 0.6) is 0 Å². The van der Waals surface area contributed by atoms with Crippen LogP contribution in [0, 0.1) is 17.7 Å². The van der Waals surface area contributed by atoms with Crippen molar-refractivity contribution in [1.29, 1.82) is 0 Å². The van der Waals surface area contributed by atoms with Gasteiger partial charge < -0.3 is 5.32 Å². The molecule has 0 saturated carbocycles. The zero-order valence-electron chi connectivity index (χ0n) is 13.0. The van der Waals surface area contributed by atoms with E-state index in [0.29, 0.717) is 23.0 Å². The topological polar surface area (TPSA) is 15.3 Å². The maximum atomic E-state index is 13.8. The van der Waals surface area contributed by atoms with Gasteiger partial charge in [-0.15, -0.1) is 0 Å². The fraction of sp³-hybridized carbons (Fsp3) is 0.647. The third-order valence-electron chi connectivity index (χ3n) is 4.14. The van der Waals surface area contributed by atoms with Crippen LogP contribution in [0.3, 0.4) is 0 Å². The van der Waals surface area contributed by atoms with Gasteiger partial charge >= 0.3 is 0 Å². The fourth-order valence-electron chi connectivity index (χ4n) is 2.83. The van der Waals surface area contributed by atoms with Gasteiger partial charge in [-0.1, -0.05) is 31.5 Å². The zero-order chi connectivity index (χ0) is 15.2. The zero-order valence-corrected chi connectivity index (χ0v) is 13.8. The molecule has 0 radical (unpaired) electrons. The SMILES string of the molecule is CC(C)CNCC1CCN(Cc2c(F)cccc2Cl)CC1. The van der Waals surface area contributed by atoms with Gasteiger partial charge in [0.1, 0.15) is 5.82 Å². The number of benzene rings is 1. The van der Waals surface area contributed by atoms with Crippen LogP contribution >= 0.6 is 11.6 Å². The molecule has 1 fully saturated rings. The highest BCUT2D eigenvalue weighted by Gasteiger charge is 2.20. The van der Waals surface area contributed by atoms with Crippen molar-refractivity contribution in [1.82, 2.24) is 10.2 Å². The Balaban J connectivity index is 1.76. The second-order valence-corrected chi connectivity index (χ2v) is 6.88. The molecule has 2 nitrogen and oxygen atoms in total. The maximum Gasteiger partial charge on any atom is 0.129 e. The summed E-state index contributed by atoms with van der Waals surface area (Å²) in [7, 11) is 0. The third-order valence-corrected chi connectivity index (χ3v) is 4.49. The first-order valence-corrected chi connectivity index (χ1v) is 8.30. The molecule has 0 unspecified atom stereocenters. The molecule has 118 valence electrons. The summed E-state index contributed by atoms with van der Waals surface area (Å²) in [6, 6.07) is 4.92. The van der Waals surface area contributed by atoms with Crippen molar-refractivity contribution in [2.45, 2.75) is 33.2 Å². The van der Waals surface area contributed by atoms with E-state index in [1.807, 2.05) is 0 Å². The molecule has 0 atom stereocenters. The van der Waals surface area contributed by atoms with Crippen LogP contribution in [0.25, 0.3) is 0 Å². The van der Waals surface area contributed by atoms with Crippen LogP contribution in [0.2, 0.25) is 5.02 Å². The highest BCUT2D eigenvalue weighted by molar-refractivity contribution is 6.31. The van der Waals surface area contributed by atoms with Crippen molar-refractivity contribution in [2.24, 2.45) is 11.8 Å². The van der Waals surface area contributed by atoms with E-state index in [1.54, 1.807) is 12.1 Å². The van der Waals surface area contributed by atoms with E-state index in [0.717, 1.165) is 32.1 Å². The second-order valence-electron chi connectivity index (χ2n) is 6.47. The van der Waals surface area contributed by atoms with E-state index < -0.39 is 0 Å². The largest absolute Gasteiger partial charge is 0.316 e. The van der Waals surface area contributed by atoms with Gasteiger partial charge in [-0.3, -0.25) is 4.90 Å². The van der Waals surface area contributed by atoms with E-state index in [4.69, 9.17) is 11.6 Å². The van der Waals surface area contributed by atoms with Crippen LogP contribution in [-0.2, 0) is 6.54 Å². The number of halogens is 2. The lowest BCUT2D eigenvalue weighted by Gasteiger charge is -2.32. The molecule has 1 saturated heterocycles. The molecule has 1 aliphatic heterocycles. The Morgan fingerprint density at radius 2 is 2.05 bits per heavy atom. The van der Waals surface area contributed by atoms with Gasteiger partial charge in [0, 0.05) is 17.1 Å². The Labute approximate surface area is 132 Å². The van der Waals surface area contributed by atoms with E-state index in [-0.39, 0.29) is 5.82 Å². The van der Waals surface area contributed by atoms with Crippen molar-refractivity contribution >= 4 is 11.6 Å². The first kappa shape index (κ1) is 16.7. The standard InChI is InChI=1S/C17H26ClFN2/c1-13(2)10-20-11-14-6-8-21(9-7-14)12-15-16(18)4-3-5-17(15)19/h3-5,13-14,20H,6-12H2,1-2H3. The molecular weight excluding hydrogens is 287 g/mol. The Bertz CT molecular complexity index is 422. The highest BCUT2D eigenvalue weighted by Crippen LogP contribution is 2.24. The summed E-state index contributed by atoms with van der Waals surface area (Å²) in [5.74, 6) is 1.26. The van der Waals surface area contributed by atoms with Crippen LogP contribution in [-0.4, -0.2) is 31.1 Å². The Hall–Kier alpha value is -0.640. The van der Waals surface area contributed by atoms with Crippen molar-refractivity contribution < 1.29 is 4.39 Å². The number of likely N-dealkylation sites (tertiary alicyclic amines) is 1. The quantitative estimate of drug-likeness (QED) is 0.856. The molecule has 0 aromatic heterocycles. The molecule has 1 heterocycles. The first-order valence-electron chi connectivity index (χ1n) is 7.92. The first-order chi connectivity index (χ1) is 10.1. The number of rotatable bonds is 6. The Morgan fingerprint density at radius 1 is 1.33 bits per heavy atom. The van der Waals surface area contributed by atoms with Gasteiger partial charge in [0.25, 0.3) is 0 Å². The molecule has 4 heteroatoms. The summed E-state index contributed by atoms with van der Waals surface area (Å²) in [4.78, 5) is 2.31. The molecule has 1 aromatic carbocycles. The monoisotopic (exact) mass is 312 g/mol. The summed E-state index contributed by atoms with van der Waals surface area (Å²) in [5, 5.41) is 4.08. The lowest BCUT2D eigenvalue weighted by atomic mass is 9.96. The van der Waals surface area contributed by atoms with E-state index >= 15 is 0 Å². The van der Waals surface area contributed by atoms with Crippen LogP contribution in [0.4, 0.5) is 4.39 Å². The summed E-state index contributed by atoms with van der Waals surface area (Å²) in [6.45, 7) is 9.33. The summed E-state index contributed by atoms with van der Waals surface area (Å²) in [5.41, 5.74) is 0.635. The minimum atomic E-state index is -0.191. The Morgan fingerprint density at radius 3 is 2.67 bits per heavy atom. The van der Waals surface area contributed by atoms with E-state index in [1.165, 1.54) is 18.9 Å². The van der Waals surface area contributed by atoms with Gasteiger partial charge in [0.2, 0.25) is 0 Å². The molecule has 0 bridgehead atoms. The van der Waals surface area contributed by atoms with Gasteiger partial charge in [-0.2, -0.15) is 0 Å². The molecule has 1 aliphatic rings. The molecule has 1 N–H and O–H groups in total. The molecule has 21 heavy (non-hydrogen) atoms. The minimum Gasteiger partial charge on any atom is -0.316 e. The summed E-state index contributed by atoms with van der Waals surface area (Å²) in [6.07, 6.45) is 2.36. The summed E-state index contributed by atoms with van der Waals surface area (Å²) < 4.78 is 13.8. The average Bonchev–Trinajstić information content (AvgIpc) is 2.44. The Kier molecular flexibility index (Phi) is 6.46. The van der Waals surface area contributed by atoms with Gasteiger partial charge in [0.05, 0.1) is 0 Å². The van der Waals surface area contributed by atoms with E-state index in [9.17, 15) is 4.39 Å². The van der Waals surface area contributed by atoms with Crippen LogP contribution in [0.15, 0.2) is 18.2 Å². The van der Waals surface area contributed by atoms with E-state index in [2.05, 4.69) is 24.1 Å². The lowest BCUT2D eigenvalue weighted by molar-refractivity contribution is 0.173. The molecule has 2 rings (SSSR count). The number of hydrogen-bond donors (Lipinski definition) is 1. The highest BCUT2D eigenvalue weighted by atomic mass is 35.5. The van der Waals surface area contributed by atoms with Crippen molar-refractivity contribution in [3.63, 3.8) is 0 Å². The predicted molar refractivity (Wildman–Crippen MR) is 87.1 cm³/mol. The number of hydrogen-bond acceptors (Lipinski definition) is 2. The predicted octanol–water partition coefficient (Wildman–Crippen LogP) is 3.94. The summed E-state index contributed by atoms with van der Waals surface area (Å²) >= 11 is 6.10. The molecule has 0 aliphatic carbocycles. The van der Waals surface area contributed by atoms with Crippen LogP contribution < -0.4 is 5.32 Å². The van der Waals surface area contributed by atoms with Crippen molar-refractivity contribution in [2.75, 3.05) is 26.2 Å². The smallest absolute Gasteiger partial charge is 0.129 e. The molecule has 0 spiro atoms. The number of nitrogens with zero attached hydrogens (tertiary/aromatic N) is 1. The normalized spacial score (nSPS) is 17.6.